The van der Waals surface area contributed by atoms with Gasteiger partial charge in [0.05, 0.1) is 24.2 Å². The Balaban J connectivity index is 3.25. The summed E-state index contributed by atoms with van der Waals surface area (Å²) < 4.78 is 10.6. The molecule has 0 radical (unpaired) electrons. The lowest BCUT2D eigenvalue weighted by molar-refractivity contribution is 0.393. The molecule has 0 spiro atoms. The van der Waals surface area contributed by atoms with E-state index in [2.05, 4.69) is 6.92 Å². The number of halogens is 1. The molecule has 0 heterocycles. The zero-order valence-corrected chi connectivity index (χ0v) is 12.6. The van der Waals surface area contributed by atoms with E-state index >= 15 is 0 Å². The van der Waals surface area contributed by atoms with Crippen molar-refractivity contribution in [2.45, 2.75) is 19.8 Å². The second-order valence-corrected chi connectivity index (χ2v) is 5.09. The Bertz CT molecular complexity index is 451. The number of benzene rings is 1. The molecule has 0 saturated carbocycles. The Hall–Kier alpha value is -1.00. The molecule has 18 heavy (non-hydrogen) atoms. The van der Waals surface area contributed by atoms with E-state index in [0.29, 0.717) is 15.8 Å². The van der Waals surface area contributed by atoms with Crippen molar-refractivity contribution in [2.75, 3.05) is 14.2 Å². The summed E-state index contributed by atoms with van der Waals surface area (Å²) in [6.07, 6.45) is 0. The van der Waals surface area contributed by atoms with Crippen LogP contribution in [0.3, 0.4) is 0 Å². The first-order chi connectivity index (χ1) is 8.42. The van der Waals surface area contributed by atoms with Crippen molar-refractivity contribution >= 4 is 28.8 Å². The average Bonchev–Trinajstić information content (AvgIpc) is 2.36. The molecule has 2 atom stereocenters. The van der Waals surface area contributed by atoms with E-state index < -0.39 is 0 Å². The Morgan fingerprint density at radius 2 is 1.78 bits per heavy atom. The molecule has 5 heteroatoms. The van der Waals surface area contributed by atoms with Crippen LogP contribution in [-0.2, 0) is 0 Å². The highest BCUT2D eigenvalue weighted by Crippen LogP contribution is 2.38. The van der Waals surface area contributed by atoms with E-state index in [4.69, 9.17) is 39.0 Å². The van der Waals surface area contributed by atoms with Crippen molar-refractivity contribution in [1.82, 2.24) is 0 Å². The van der Waals surface area contributed by atoms with Gasteiger partial charge in [-0.2, -0.15) is 0 Å². The van der Waals surface area contributed by atoms with E-state index in [1.165, 1.54) is 0 Å². The lowest BCUT2D eigenvalue weighted by Gasteiger charge is -2.22. The molecule has 2 N–H and O–H groups in total. The zero-order valence-electron chi connectivity index (χ0n) is 11.0. The van der Waals surface area contributed by atoms with Gasteiger partial charge in [-0.1, -0.05) is 37.7 Å². The standard InChI is InChI=1S/C13H18ClNO2S/c1-7(8(2)13(15)18)9-5-12(17-4)10(14)6-11(9)16-3/h5-8H,1-4H3,(H2,15,18). The monoisotopic (exact) mass is 287 g/mol. The van der Waals surface area contributed by atoms with E-state index in [-0.39, 0.29) is 11.8 Å². The van der Waals surface area contributed by atoms with Crippen molar-refractivity contribution in [2.24, 2.45) is 11.7 Å². The maximum absolute atomic E-state index is 6.07. The second-order valence-electron chi connectivity index (χ2n) is 4.21. The fraction of sp³-hybridized carbons (Fsp3) is 0.462. The van der Waals surface area contributed by atoms with Crippen molar-refractivity contribution in [1.29, 1.82) is 0 Å². The molecule has 0 aliphatic heterocycles. The van der Waals surface area contributed by atoms with Gasteiger partial charge in [0.2, 0.25) is 0 Å². The van der Waals surface area contributed by atoms with Gasteiger partial charge in [-0.3, -0.25) is 0 Å². The maximum atomic E-state index is 6.07. The Morgan fingerprint density at radius 3 is 2.22 bits per heavy atom. The molecule has 0 amide bonds. The number of thiocarbonyl (C=S) groups is 1. The molecule has 1 aromatic rings. The fourth-order valence-electron chi connectivity index (χ4n) is 1.76. The first kappa shape index (κ1) is 15.1. The fourth-order valence-corrected chi connectivity index (χ4v) is 2.19. The van der Waals surface area contributed by atoms with Crippen LogP contribution >= 0.6 is 23.8 Å². The summed E-state index contributed by atoms with van der Waals surface area (Å²) in [4.78, 5) is 0.485. The summed E-state index contributed by atoms with van der Waals surface area (Å²) >= 11 is 11.1. The van der Waals surface area contributed by atoms with Crippen molar-refractivity contribution in [3.05, 3.63) is 22.7 Å². The van der Waals surface area contributed by atoms with Crippen LogP contribution in [0.4, 0.5) is 0 Å². The molecule has 0 aromatic heterocycles. The molecular formula is C13H18ClNO2S. The van der Waals surface area contributed by atoms with Crippen LogP contribution in [0.25, 0.3) is 0 Å². The number of ether oxygens (including phenoxy) is 2. The summed E-state index contributed by atoms with van der Waals surface area (Å²) in [5.41, 5.74) is 6.68. The smallest absolute Gasteiger partial charge is 0.138 e. The van der Waals surface area contributed by atoms with Gasteiger partial charge in [0.25, 0.3) is 0 Å². The largest absolute Gasteiger partial charge is 0.496 e. The molecule has 0 aliphatic rings. The van der Waals surface area contributed by atoms with Gasteiger partial charge in [0.15, 0.2) is 0 Å². The van der Waals surface area contributed by atoms with Crippen LogP contribution < -0.4 is 15.2 Å². The molecular weight excluding hydrogens is 270 g/mol. The van der Waals surface area contributed by atoms with Gasteiger partial charge in [0, 0.05) is 17.5 Å². The molecule has 3 nitrogen and oxygen atoms in total. The lowest BCUT2D eigenvalue weighted by atomic mass is 9.88. The topological polar surface area (TPSA) is 44.5 Å². The minimum absolute atomic E-state index is 0.0692. The third-order valence-electron chi connectivity index (χ3n) is 3.19. The van der Waals surface area contributed by atoms with Crippen LogP contribution in [0.15, 0.2) is 12.1 Å². The Labute approximate surface area is 118 Å². The SMILES string of the molecule is COc1cc(C(C)C(C)C(N)=S)c(OC)cc1Cl. The van der Waals surface area contributed by atoms with Gasteiger partial charge in [-0.15, -0.1) is 0 Å². The molecule has 2 unspecified atom stereocenters. The summed E-state index contributed by atoms with van der Waals surface area (Å²) in [6, 6.07) is 3.62. The second kappa shape index (κ2) is 6.25. The lowest BCUT2D eigenvalue weighted by Crippen LogP contribution is -2.23. The highest BCUT2D eigenvalue weighted by Gasteiger charge is 2.22. The summed E-state index contributed by atoms with van der Waals surface area (Å²) in [5, 5.41) is 0.522. The third-order valence-corrected chi connectivity index (χ3v) is 3.86. The molecule has 1 aromatic carbocycles. The third kappa shape index (κ3) is 3.06. The van der Waals surface area contributed by atoms with Crippen LogP contribution in [0, 0.1) is 5.92 Å². The predicted molar refractivity (Wildman–Crippen MR) is 78.9 cm³/mol. The molecule has 0 fully saturated rings. The summed E-state index contributed by atoms with van der Waals surface area (Å²) in [7, 11) is 3.19. The maximum Gasteiger partial charge on any atom is 0.138 e. The van der Waals surface area contributed by atoms with Gasteiger partial charge in [0.1, 0.15) is 11.5 Å². The van der Waals surface area contributed by atoms with Crippen molar-refractivity contribution < 1.29 is 9.47 Å². The highest BCUT2D eigenvalue weighted by atomic mass is 35.5. The molecule has 0 aliphatic carbocycles. The van der Waals surface area contributed by atoms with Gasteiger partial charge >= 0.3 is 0 Å². The first-order valence-electron chi connectivity index (χ1n) is 5.63. The highest BCUT2D eigenvalue weighted by molar-refractivity contribution is 7.80. The van der Waals surface area contributed by atoms with E-state index in [9.17, 15) is 0 Å². The van der Waals surface area contributed by atoms with E-state index in [1.807, 2.05) is 13.0 Å². The summed E-state index contributed by atoms with van der Waals surface area (Å²) in [5.74, 6) is 1.54. The summed E-state index contributed by atoms with van der Waals surface area (Å²) in [6.45, 7) is 4.04. The average molecular weight is 288 g/mol. The van der Waals surface area contributed by atoms with Gasteiger partial charge in [-0.05, 0) is 12.0 Å². The van der Waals surface area contributed by atoms with Crippen LogP contribution in [0.1, 0.15) is 25.3 Å². The van der Waals surface area contributed by atoms with Crippen molar-refractivity contribution in [3.63, 3.8) is 0 Å². The number of hydrogen-bond donors (Lipinski definition) is 1. The minimum atomic E-state index is 0.0692. The van der Waals surface area contributed by atoms with Crippen LogP contribution in [0.5, 0.6) is 11.5 Å². The predicted octanol–water partition coefficient (Wildman–Crippen LogP) is 3.38. The number of rotatable bonds is 5. The van der Waals surface area contributed by atoms with E-state index in [1.54, 1.807) is 20.3 Å². The van der Waals surface area contributed by atoms with Crippen LogP contribution in [-0.4, -0.2) is 19.2 Å². The van der Waals surface area contributed by atoms with Crippen molar-refractivity contribution in [3.8, 4) is 11.5 Å². The number of methoxy groups -OCH3 is 2. The first-order valence-corrected chi connectivity index (χ1v) is 6.41. The van der Waals surface area contributed by atoms with Gasteiger partial charge in [-0.25, -0.2) is 0 Å². The Kier molecular flexibility index (Phi) is 5.23. The number of nitrogens with two attached hydrogens (primary N) is 1. The normalized spacial score (nSPS) is 13.8. The van der Waals surface area contributed by atoms with Gasteiger partial charge < -0.3 is 15.2 Å². The number of hydrogen-bond acceptors (Lipinski definition) is 3. The zero-order chi connectivity index (χ0) is 13.9. The Morgan fingerprint density at radius 1 is 1.22 bits per heavy atom. The quantitative estimate of drug-likeness (QED) is 0.843. The minimum Gasteiger partial charge on any atom is -0.496 e. The van der Waals surface area contributed by atoms with Crippen LogP contribution in [0.2, 0.25) is 5.02 Å². The molecule has 1 rings (SSSR count). The van der Waals surface area contributed by atoms with E-state index in [0.717, 1.165) is 11.3 Å². The molecule has 100 valence electrons. The molecule has 0 bridgehead atoms. The molecule has 0 saturated heterocycles.